The third-order valence-electron chi connectivity index (χ3n) is 5.98. The Morgan fingerprint density at radius 2 is 1.67 bits per heavy atom. The molecule has 5 N–H and O–H groups in total. The lowest BCUT2D eigenvalue weighted by molar-refractivity contribution is -0.144. The summed E-state index contributed by atoms with van der Waals surface area (Å²) in [5.74, 6) is -2.10. The highest BCUT2D eigenvalue weighted by Gasteiger charge is 2.36. The number of hydrogen-bond donors (Lipinski definition) is 4. The maximum absolute atomic E-state index is 13.7. The Morgan fingerprint density at radius 1 is 0.929 bits per heavy atom. The van der Waals surface area contributed by atoms with Crippen LogP contribution in [0.5, 0.6) is 0 Å². The van der Waals surface area contributed by atoms with E-state index >= 15 is 0 Å². The predicted octanol–water partition coefficient (Wildman–Crippen LogP) is 6.23. The quantitative estimate of drug-likeness (QED) is 0.169. The lowest BCUT2D eigenvalue weighted by Crippen LogP contribution is -2.14. The molecule has 2 amide bonds. The van der Waals surface area contributed by atoms with Crippen LogP contribution in [0.4, 0.5) is 30.5 Å². The zero-order valence-electron chi connectivity index (χ0n) is 21.5. The molecule has 212 valence electrons. The van der Waals surface area contributed by atoms with Gasteiger partial charge in [-0.05, 0) is 54.1 Å². The summed E-state index contributed by atoms with van der Waals surface area (Å²) in [4.78, 5) is 38.8. The fraction of sp³-hybridized carbons (Fsp3) is 0.0690. The van der Waals surface area contributed by atoms with Crippen LogP contribution in [0.2, 0.25) is 5.02 Å². The number of amides is 2. The van der Waals surface area contributed by atoms with Gasteiger partial charge in [-0.1, -0.05) is 41.9 Å². The number of carbonyl (C=O) groups is 2. The van der Waals surface area contributed by atoms with E-state index in [4.69, 9.17) is 17.3 Å². The number of rotatable bonds is 8. The van der Waals surface area contributed by atoms with Crippen LogP contribution in [0.25, 0.3) is 22.6 Å². The summed E-state index contributed by atoms with van der Waals surface area (Å²) in [5, 5.41) is 6.22. The number of hydrogen-bond acceptors (Lipinski definition) is 6. The second kappa shape index (κ2) is 11.7. The Labute approximate surface area is 242 Å². The van der Waals surface area contributed by atoms with Crippen LogP contribution in [0.15, 0.2) is 85.1 Å². The van der Waals surface area contributed by atoms with E-state index in [2.05, 4.69) is 30.6 Å². The molecule has 0 saturated heterocycles. The summed E-state index contributed by atoms with van der Waals surface area (Å²) in [7, 11) is 0. The van der Waals surface area contributed by atoms with Gasteiger partial charge in [-0.2, -0.15) is 13.2 Å². The predicted molar refractivity (Wildman–Crippen MR) is 152 cm³/mol. The van der Waals surface area contributed by atoms with Crippen molar-refractivity contribution in [2.24, 2.45) is 5.73 Å². The summed E-state index contributed by atoms with van der Waals surface area (Å²) >= 11 is 5.90. The van der Waals surface area contributed by atoms with Gasteiger partial charge in [0.1, 0.15) is 0 Å². The molecule has 42 heavy (non-hydrogen) atoms. The van der Waals surface area contributed by atoms with E-state index in [1.54, 1.807) is 54.6 Å². The van der Waals surface area contributed by atoms with Gasteiger partial charge < -0.3 is 21.4 Å². The average Bonchev–Trinajstić information content (AvgIpc) is 3.41. The first-order valence-electron chi connectivity index (χ1n) is 12.4. The van der Waals surface area contributed by atoms with Crippen molar-refractivity contribution < 1.29 is 22.8 Å². The smallest absolute Gasteiger partial charge is 0.366 e. The molecule has 5 rings (SSSR count). The van der Waals surface area contributed by atoms with E-state index in [9.17, 15) is 22.8 Å². The van der Waals surface area contributed by atoms with E-state index in [1.165, 1.54) is 30.5 Å². The number of carbonyl (C=O) groups excluding carboxylic acids is 2. The number of alkyl halides is 3. The summed E-state index contributed by atoms with van der Waals surface area (Å²) in [6.45, 7) is 0. The molecule has 0 atom stereocenters. The summed E-state index contributed by atoms with van der Waals surface area (Å²) in [5.41, 5.74) is 7.53. The fourth-order valence-electron chi connectivity index (χ4n) is 4.08. The van der Waals surface area contributed by atoms with Crippen molar-refractivity contribution in [2.45, 2.75) is 12.6 Å². The Hall–Kier alpha value is -5.23. The number of nitrogens with two attached hydrogens (primary N) is 1. The van der Waals surface area contributed by atoms with Gasteiger partial charge in [-0.15, -0.1) is 0 Å². The van der Waals surface area contributed by atoms with Gasteiger partial charge in [0.2, 0.25) is 23.6 Å². The number of nitrogens with zero attached hydrogens (tertiary/aromatic N) is 3. The van der Waals surface area contributed by atoms with Gasteiger partial charge in [0.15, 0.2) is 0 Å². The van der Waals surface area contributed by atoms with Gasteiger partial charge in [0, 0.05) is 33.7 Å². The molecule has 0 fully saturated rings. The number of H-pyrrole nitrogens is 1. The monoisotopic (exact) mass is 591 g/mol. The maximum atomic E-state index is 13.7. The molecule has 0 bridgehead atoms. The number of aromatic nitrogens is 4. The van der Waals surface area contributed by atoms with Crippen LogP contribution in [0.3, 0.4) is 0 Å². The average molecular weight is 592 g/mol. The molecule has 0 aliphatic carbocycles. The maximum Gasteiger partial charge on any atom is 0.449 e. The fourth-order valence-corrected chi connectivity index (χ4v) is 4.20. The summed E-state index contributed by atoms with van der Waals surface area (Å²) in [6, 6.07) is 20.8. The highest BCUT2D eigenvalue weighted by molar-refractivity contribution is 6.30. The van der Waals surface area contributed by atoms with Gasteiger partial charge in [0.05, 0.1) is 23.5 Å². The Balaban J connectivity index is 1.45. The van der Waals surface area contributed by atoms with Crippen molar-refractivity contribution in [1.82, 2.24) is 19.9 Å². The van der Waals surface area contributed by atoms with Crippen molar-refractivity contribution in [1.29, 1.82) is 0 Å². The van der Waals surface area contributed by atoms with Crippen LogP contribution < -0.4 is 16.4 Å². The standard InChI is InChI=1S/C29H21ClF3N7O2/c30-19-9-7-16(8-10-19)13-23(41)36-20-5-1-3-17(14-20)24-25(40-27(39-24)29(31,32)33)22-11-12-35-28(38-22)37-21-6-2-4-18(15-21)26(34)42/h1-12,14-15H,13H2,(H2,34,42)(H,36,41)(H,39,40)(H,35,37,38). The van der Waals surface area contributed by atoms with Crippen molar-refractivity contribution in [2.75, 3.05) is 10.6 Å². The first kappa shape index (κ1) is 28.3. The molecule has 0 unspecified atom stereocenters. The van der Waals surface area contributed by atoms with Crippen molar-refractivity contribution >= 4 is 40.7 Å². The lowest BCUT2D eigenvalue weighted by Gasteiger charge is -2.09. The number of imidazole rings is 1. The highest BCUT2D eigenvalue weighted by Crippen LogP contribution is 2.36. The first-order valence-corrected chi connectivity index (χ1v) is 12.8. The van der Waals surface area contributed by atoms with Crippen LogP contribution in [-0.2, 0) is 17.4 Å². The van der Waals surface area contributed by atoms with Crippen molar-refractivity contribution in [3.63, 3.8) is 0 Å². The van der Waals surface area contributed by atoms with Gasteiger partial charge in [-0.25, -0.2) is 15.0 Å². The second-order valence-electron chi connectivity index (χ2n) is 9.07. The number of halogens is 4. The van der Waals surface area contributed by atoms with E-state index in [1.807, 2.05) is 0 Å². The minimum atomic E-state index is -4.76. The second-order valence-corrected chi connectivity index (χ2v) is 9.51. The SMILES string of the molecule is NC(=O)c1cccc(Nc2nccc(-c3[nH]c(C(F)(F)F)nc3-c3cccc(NC(=O)Cc4ccc(Cl)cc4)c3)n2)c1. The largest absolute Gasteiger partial charge is 0.449 e. The summed E-state index contributed by atoms with van der Waals surface area (Å²) in [6.07, 6.45) is -3.32. The molecular formula is C29H21ClF3N7O2. The molecule has 5 aromatic rings. The van der Waals surface area contributed by atoms with E-state index in [0.29, 0.717) is 22.0 Å². The minimum absolute atomic E-state index is 0.0108. The number of nitrogens with one attached hydrogen (secondary N) is 3. The van der Waals surface area contributed by atoms with Crippen LogP contribution >= 0.6 is 11.6 Å². The van der Waals surface area contributed by atoms with Gasteiger partial charge in [0.25, 0.3) is 0 Å². The molecule has 0 aliphatic rings. The van der Waals surface area contributed by atoms with E-state index < -0.39 is 17.9 Å². The highest BCUT2D eigenvalue weighted by atomic mass is 35.5. The molecule has 13 heteroatoms. The van der Waals surface area contributed by atoms with Crippen LogP contribution in [0, 0.1) is 0 Å². The Bertz CT molecular complexity index is 1770. The van der Waals surface area contributed by atoms with Gasteiger partial charge >= 0.3 is 6.18 Å². The van der Waals surface area contributed by atoms with E-state index in [-0.39, 0.29) is 40.9 Å². The Kier molecular flexibility index (Phi) is 7.89. The third-order valence-corrected chi connectivity index (χ3v) is 6.24. The zero-order chi connectivity index (χ0) is 29.9. The molecule has 0 saturated carbocycles. The third kappa shape index (κ3) is 6.73. The molecule has 0 spiro atoms. The number of anilines is 3. The molecule has 2 heterocycles. The van der Waals surface area contributed by atoms with E-state index in [0.717, 1.165) is 5.56 Å². The minimum Gasteiger partial charge on any atom is -0.366 e. The summed E-state index contributed by atoms with van der Waals surface area (Å²) < 4.78 is 41.2. The lowest BCUT2D eigenvalue weighted by atomic mass is 10.1. The molecule has 0 aliphatic heterocycles. The van der Waals surface area contributed by atoms with Crippen molar-refractivity contribution in [3.8, 4) is 22.6 Å². The molecule has 3 aromatic carbocycles. The molecular weight excluding hydrogens is 571 g/mol. The molecule has 0 radical (unpaired) electrons. The van der Waals surface area contributed by atoms with Gasteiger partial charge in [-0.3, -0.25) is 9.59 Å². The number of benzene rings is 3. The van der Waals surface area contributed by atoms with Crippen LogP contribution in [-0.4, -0.2) is 31.8 Å². The molecule has 9 nitrogen and oxygen atoms in total. The first-order chi connectivity index (χ1) is 20.0. The number of primary amides is 1. The van der Waals surface area contributed by atoms with Crippen LogP contribution in [0.1, 0.15) is 21.7 Å². The Morgan fingerprint density at radius 3 is 2.40 bits per heavy atom. The van der Waals surface area contributed by atoms with Crippen molar-refractivity contribution in [3.05, 3.63) is 107 Å². The molecule has 2 aromatic heterocycles. The normalized spacial score (nSPS) is 11.2. The number of aromatic amines is 1. The topological polar surface area (TPSA) is 139 Å². The zero-order valence-corrected chi connectivity index (χ0v) is 22.3.